The average Bonchev–Trinajstić information content (AvgIpc) is 2.34. The van der Waals surface area contributed by atoms with Gasteiger partial charge in [0.15, 0.2) is 0 Å². The lowest BCUT2D eigenvalue weighted by Gasteiger charge is -2.09. The molecule has 94 valence electrons. The van der Waals surface area contributed by atoms with Crippen molar-refractivity contribution in [3.63, 3.8) is 0 Å². The zero-order chi connectivity index (χ0) is 13.1. The maximum Gasteiger partial charge on any atom is 0.142 e. The van der Waals surface area contributed by atoms with Gasteiger partial charge < -0.3 is 10.5 Å². The van der Waals surface area contributed by atoms with Crippen LogP contribution in [0.2, 0.25) is 10.0 Å². The topological polar surface area (TPSA) is 35.2 Å². The SMILES string of the molecule is Nc1ccc(Cl)cc1COc1ccc(F)c(Cl)c1. The number of hydrogen-bond donors (Lipinski definition) is 1. The molecule has 0 fully saturated rings. The number of benzene rings is 2. The van der Waals surface area contributed by atoms with Crippen molar-refractivity contribution in [3.05, 3.63) is 57.8 Å². The first-order chi connectivity index (χ1) is 8.56. The highest BCUT2D eigenvalue weighted by Gasteiger charge is 2.04. The maximum absolute atomic E-state index is 13.0. The number of nitrogens with two attached hydrogens (primary N) is 1. The van der Waals surface area contributed by atoms with Gasteiger partial charge in [0.25, 0.3) is 0 Å². The predicted molar refractivity (Wildman–Crippen MR) is 71.6 cm³/mol. The molecular formula is C13H10Cl2FNO. The minimum Gasteiger partial charge on any atom is -0.489 e. The van der Waals surface area contributed by atoms with Gasteiger partial charge in [-0.25, -0.2) is 4.39 Å². The van der Waals surface area contributed by atoms with Crippen LogP contribution in [-0.2, 0) is 6.61 Å². The molecule has 2 nitrogen and oxygen atoms in total. The van der Waals surface area contributed by atoms with Crippen LogP contribution in [0, 0.1) is 5.82 Å². The molecule has 5 heteroatoms. The van der Waals surface area contributed by atoms with Gasteiger partial charge in [-0.1, -0.05) is 23.2 Å². The van der Waals surface area contributed by atoms with Crippen molar-refractivity contribution in [2.24, 2.45) is 0 Å². The largest absolute Gasteiger partial charge is 0.489 e. The van der Waals surface area contributed by atoms with Crippen LogP contribution in [0.5, 0.6) is 5.75 Å². The van der Waals surface area contributed by atoms with Crippen molar-refractivity contribution < 1.29 is 9.13 Å². The van der Waals surface area contributed by atoms with E-state index in [0.717, 1.165) is 5.56 Å². The zero-order valence-electron chi connectivity index (χ0n) is 9.29. The van der Waals surface area contributed by atoms with Crippen LogP contribution in [0.25, 0.3) is 0 Å². The monoisotopic (exact) mass is 285 g/mol. The molecule has 0 aromatic heterocycles. The summed E-state index contributed by atoms with van der Waals surface area (Å²) in [6.45, 7) is 0.244. The van der Waals surface area contributed by atoms with Gasteiger partial charge in [0.1, 0.15) is 18.2 Å². The number of hydrogen-bond acceptors (Lipinski definition) is 2. The maximum atomic E-state index is 13.0. The molecule has 0 saturated carbocycles. The fourth-order valence-electron chi connectivity index (χ4n) is 1.43. The Hall–Kier alpha value is -1.45. The van der Waals surface area contributed by atoms with Gasteiger partial charge >= 0.3 is 0 Å². The molecule has 2 rings (SSSR count). The molecule has 2 N–H and O–H groups in total. The first kappa shape index (κ1) is 13.0. The molecular weight excluding hydrogens is 276 g/mol. The minimum absolute atomic E-state index is 0.0200. The third kappa shape index (κ3) is 3.06. The minimum atomic E-state index is -0.480. The second-order valence-electron chi connectivity index (χ2n) is 3.71. The second-order valence-corrected chi connectivity index (χ2v) is 4.55. The van der Waals surface area contributed by atoms with Crippen molar-refractivity contribution in [3.8, 4) is 5.75 Å². The van der Waals surface area contributed by atoms with E-state index in [-0.39, 0.29) is 11.6 Å². The summed E-state index contributed by atoms with van der Waals surface area (Å²) in [5.41, 5.74) is 7.14. The predicted octanol–water partition coefficient (Wildman–Crippen LogP) is 4.29. The highest BCUT2D eigenvalue weighted by atomic mass is 35.5. The van der Waals surface area contributed by atoms with Crippen LogP contribution >= 0.6 is 23.2 Å². The van der Waals surface area contributed by atoms with Crippen molar-refractivity contribution in [1.29, 1.82) is 0 Å². The molecule has 2 aromatic carbocycles. The third-order valence-electron chi connectivity index (χ3n) is 2.39. The number of rotatable bonds is 3. The van der Waals surface area contributed by atoms with E-state index >= 15 is 0 Å². The van der Waals surface area contributed by atoms with E-state index in [0.29, 0.717) is 16.5 Å². The summed E-state index contributed by atoms with van der Waals surface area (Å²) in [5.74, 6) is -0.00735. The first-order valence-electron chi connectivity index (χ1n) is 5.18. The van der Waals surface area contributed by atoms with Crippen LogP contribution in [0.3, 0.4) is 0 Å². The highest BCUT2D eigenvalue weighted by Crippen LogP contribution is 2.24. The Bertz CT molecular complexity index is 575. The standard InChI is InChI=1S/C13H10Cl2FNO/c14-9-1-4-13(17)8(5-9)7-18-10-2-3-12(16)11(15)6-10/h1-6H,7,17H2. The fourth-order valence-corrected chi connectivity index (χ4v) is 1.79. The summed E-state index contributed by atoms with van der Waals surface area (Å²) in [7, 11) is 0. The van der Waals surface area contributed by atoms with Crippen LogP contribution in [0.1, 0.15) is 5.56 Å². The Morgan fingerprint density at radius 3 is 2.61 bits per heavy atom. The smallest absolute Gasteiger partial charge is 0.142 e. The molecule has 0 atom stereocenters. The highest BCUT2D eigenvalue weighted by molar-refractivity contribution is 6.31. The lowest BCUT2D eigenvalue weighted by atomic mass is 10.2. The average molecular weight is 286 g/mol. The molecule has 0 aliphatic carbocycles. The normalized spacial score (nSPS) is 10.4. The lowest BCUT2D eigenvalue weighted by molar-refractivity contribution is 0.306. The summed E-state index contributed by atoms with van der Waals surface area (Å²) in [6.07, 6.45) is 0. The molecule has 0 heterocycles. The quantitative estimate of drug-likeness (QED) is 0.854. The van der Waals surface area contributed by atoms with E-state index in [1.54, 1.807) is 18.2 Å². The molecule has 2 aromatic rings. The van der Waals surface area contributed by atoms with Crippen LogP contribution < -0.4 is 10.5 Å². The van der Waals surface area contributed by atoms with Crippen LogP contribution in [0.15, 0.2) is 36.4 Å². The Balaban J connectivity index is 2.11. The summed E-state index contributed by atoms with van der Waals surface area (Å²) in [4.78, 5) is 0. The summed E-state index contributed by atoms with van der Waals surface area (Å²) >= 11 is 11.5. The van der Waals surface area contributed by atoms with Crippen molar-refractivity contribution in [2.45, 2.75) is 6.61 Å². The summed E-state index contributed by atoms with van der Waals surface area (Å²) in [5, 5.41) is 0.603. The summed E-state index contributed by atoms with van der Waals surface area (Å²) < 4.78 is 18.4. The number of ether oxygens (including phenoxy) is 1. The third-order valence-corrected chi connectivity index (χ3v) is 2.92. The molecule has 0 aliphatic rings. The Morgan fingerprint density at radius 2 is 1.89 bits per heavy atom. The molecule has 0 bridgehead atoms. The number of nitrogen functional groups attached to an aromatic ring is 1. The van der Waals surface area contributed by atoms with Crippen molar-refractivity contribution in [2.75, 3.05) is 5.73 Å². The lowest BCUT2D eigenvalue weighted by Crippen LogP contribution is -2.00. The van der Waals surface area contributed by atoms with Gasteiger partial charge in [0.05, 0.1) is 5.02 Å². The van der Waals surface area contributed by atoms with Gasteiger partial charge in [0, 0.05) is 22.3 Å². The van der Waals surface area contributed by atoms with E-state index in [9.17, 15) is 4.39 Å². The molecule has 0 aliphatic heterocycles. The van der Waals surface area contributed by atoms with E-state index in [4.69, 9.17) is 33.7 Å². The second kappa shape index (κ2) is 5.46. The van der Waals surface area contributed by atoms with Gasteiger partial charge in [0.2, 0.25) is 0 Å². The zero-order valence-corrected chi connectivity index (χ0v) is 10.8. The van der Waals surface area contributed by atoms with Crippen LogP contribution in [0.4, 0.5) is 10.1 Å². The Morgan fingerprint density at radius 1 is 1.11 bits per heavy atom. The van der Waals surface area contributed by atoms with Gasteiger partial charge in [-0.3, -0.25) is 0 Å². The fraction of sp³-hybridized carbons (Fsp3) is 0.0769. The van der Waals surface area contributed by atoms with E-state index < -0.39 is 5.82 Å². The number of halogens is 3. The Kier molecular flexibility index (Phi) is 3.94. The van der Waals surface area contributed by atoms with E-state index in [2.05, 4.69) is 0 Å². The van der Waals surface area contributed by atoms with Crippen molar-refractivity contribution in [1.82, 2.24) is 0 Å². The number of anilines is 1. The summed E-state index contributed by atoms with van der Waals surface area (Å²) in [6, 6.07) is 9.30. The molecule has 0 spiro atoms. The molecule has 0 radical (unpaired) electrons. The van der Waals surface area contributed by atoms with Crippen molar-refractivity contribution >= 4 is 28.9 Å². The molecule has 0 saturated heterocycles. The van der Waals surface area contributed by atoms with Crippen LogP contribution in [-0.4, -0.2) is 0 Å². The van der Waals surface area contributed by atoms with Gasteiger partial charge in [-0.05, 0) is 30.3 Å². The Labute approximate surface area is 114 Å². The molecule has 0 unspecified atom stereocenters. The van der Waals surface area contributed by atoms with Gasteiger partial charge in [-0.2, -0.15) is 0 Å². The van der Waals surface area contributed by atoms with E-state index in [1.807, 2.05) is 0 Å². The molecule has 18 heavy (non-hydrogen) atoms. The first-order valence-corrected chi connectivity index (χ1v) is 5.93. The van der Waals surface area contributed by atoms with E-state index in [1.165, 1.54) is 18.2 Å². The van der Waals surface area contributed by atoms with Gasteiger partial charge in [-0.15, -0.1) is 0 Å². The molecule has 0 amide bonds.